The smallest absolute Gasteiger partial charge is 0.243 e. The Morgan fingerprint density at radius 2 is 1.52 bits per heavy atom. The number of ether oxygens (including phenoxy) is 2. The lowest BCUT2D eigenvalue weighted by Gasteiger charge is -2.35. The van der Waals surface area contributed by atoms with Crippen molar-refractivity contribution in [2.45, 2.75) is 4.90 Å². The zero-order valence-electron chi connectivity index (χ0n) is 14.4. The molecule has 2 aromatic rings. The maximum absolute atomic E-state index is 13.4. The summed E-state index contributed by atoms with van der Waals surface area (Å²) in [7, 11) is -3.68. The van der Waals surface area contributed by atoms with Crippen LogP contribution in [0.25, 0.3) is 0 Å². The summed E-state index contributed by atoms with van der Waals surface area (Å²) in [6.45, 7) is 2.07. The van der Waals surface area contributed by atoms with Gasteiger partial charge in [-0.1, -0.05) is 0 Å². The normalized spacial score (nSPS) is 17.8. The lowest BCUT2D eigenvalue weighted by atomic mass is 10.2. The lowest BCUT2D eigenvalue weighted by Crippen LogP contribution is -2.48. The second-order valence-corrected chi connectivity index (χ2v) is 8.23. The topological polar surface area (TPSA) is 59.1 Å². The summed E-state index contributed by atoms with van der Waals surface area (Å²) in [5.41, 5.74) is 0.533. The van der Waals surface area contributed by atoms with E-state index in [1.807, 2.05) is 4.90 Å². The van der Waals surface area contributed by atoms with Crippen LogP contribution in [0.4, 0.5) is 14.5 Å². The highest BCUT2D eigenvalue weighted by Crippen LogP contribution is 2.33. The Hall–Kier alpha value is -2.39. The number of hydrogen-bond acceptors (Lipinski definition) is 5. The maximum Gasteiger partial charge on any atom is 0.243 e. The second-order valence-electron chi connectivity index (χ2n) is 6.30. The SMILES string of the molecule is O=S(=O)(c1ccc2c(c1)OCCO2)N1CCN(c2ccc(F)c(F)c2)CC1. The third-order valence-corrected chi connectivity index (χ3v) is 6.55. The number of benzene rings is 2. The maximum atomic E-state index is 13.4. The molecule has 6 nitrogen and oxygen atoms in total. The number of fused-ring (bicyclic) bond motifs is 1. The van der Waals surface area contributed by atoms with Crippen molar-refractivity contribution in [3.8, 4) is 11.5 Å². The first-order valence-electron chi connectivity index (χ1n) is 8.55. The molecule has 0 radical (unpaired) electrons. The minimum atomic E-state index is -3.68. The molecule has 2 aromatic carbocycles. The van der Waals surface area contributed by atoms with Crippen LogP contribution in [0.3, 0.4) is 0 Å². The highest BCUT2D eigenvalue weighted by Gasteiger charge is 2.30. The van der Waals surface area contributed by atoms with Crippen LogP contribution >= 0.6 is 0 Å². The molecule has 1 fully saturated rings. The summed E-state index contributed by atoms with van der Waals surface area (Å²) in [6.07, 6.45) is 0. The Morgan fingerprint density at radius 1 is 0.815 bits per heavy atom. The van der Waals surface area contributed by atoms with E-state index in [0.29, 0.717) is 43.5 Å². The molecule has 2 aliphatic rings. The lowest BCUT2D eigenvalue weighted by molar-refractivity contribution is 0.171. The van der Waals surface area contributed by atoms with Gasteiger partial charge in [-0.25, -0.2) is 17.2 Å². The third kappa shape index (κ3) is 3.44. The predicted molar refractivity (Wildman–Crippen MR) is 94.8 cm³/mol. The molecule has 0 atom stereocenters. The Bertz CT molecular complexity index is 960. The van der Waals surface area contributed by atoms with Gasteiger partial charge in [0.2, 0.25) is 10.0 Å². The molecular weight excluding hydrogens is 378 g/mol. The largest absolute Gasteiger partial charge is 0.486 e. The van der Waals surface area contributed by atoms with Crippen LogP contribution in [0, 0.1) is 11.6 Å². The van der Waals surface area contributed by atoms with Gasteiger partial charge in [0.15, 0.2) is 23.1 Å². The van der Waals surface area contributed by atoms with Crippen LogP contribution in [-0.2, 0) is 10.0 Å². The minimum Gasteiger partial charge on any atom is -0.486 e. The standard InChI is InChI=1S/C18H18F2N2O4S/c19-15-3-1-13(11-16(15)20)21-5-7-22(8-6-21)27(23,24)14-2-4-17-18(12-14)26-10-9-25-17/h1-4,11-12H,5-10H2. The van der Waals surface area contributed by atoms with Crippen LogP contribution < -0.4 is 14.4 Å². The van der Waals surface area contributed by atoms with Crippen LogP contribution in [-0.4, -0.2) is 52.1 Å². The quantitative estimate of drug-likeness (QED) is 0.797. The van der Waals surface area contributed by atoms with Crippen LogP contribution in [0.15, 0.2) is 41.3 Å². The van der Waals surface area contributed by atoms with Crippen molar-refractivity contribution >= 4 is 15.7 Å². The number of piperazine rings is 1. The van der Waals surface area contributed by atoms with E-state index in [2.05, 4.69) is 0 Å². The average molecular weight is 396 g/mol. The molecule has 2 heterocycles. The first kappa shape index (κ1) is 18.0. The van der Waals surface area contributed by atoms with E-state index >= 15 is 0 Å². The molecule has 0 N–H and O–H groups in total. The zero-order valence-corrected chi connectivity index (χ0v) is 15.2. The number of anilines is 1. The molecule has 0 amide bonds. The first-order valence-corrected chi connectivity index (χ1v) is 9.99. The molecule has 0 spiro atoms. The second kappa shape index (κ2) is 6.97. The predicted octanol–water partition coefficient (Wildman–Crippen LogP) is 2.25. The average Bonchev–Trinajstić information content (AvgIpc) is 2.70. The van der Waals surface area contributed by atoms with Gasteiger partial charge in [0.05, 0.1) is 4.90 Å². The number of nitrogens with zero attached hydrogens (tertiary/aromatic N) is 2. The zero-order chi connectivity index (χ0) is 19.0. The molecule has 2 aliphatic heterocycles. The number of hydrogen-bond donors (Lipinski definition) is 0. The van der Waals surface area contributed by atoms with Crippen molar-refractivity contribution in [2.24, 2.45) is 0 Å². The number of halogens is 2. The fraction of sp³-hybridized carbons (Fsp3) is 0.333. The van der Waals surface area contributed by atoms with Gasteiger partial charge < -0.3 is 14.4 Å². The monoisotopic (exact) mass is 396 g/mol. The third-order valence-electron chi connectivity index (χ3n) is 4.66. The van der Waals surface area contributed by atoms with E-state index in [4.69, 9.17) is 9.47 Å². The van der Waals surface area contributed by atoms with Gasteiger partial charge in [-0.15, -0.1) is 0 Å². The van der Waals surface area contributed by atoms with Gasteiger partial charge in [-0.05, 0) is 24.3 Å². The van der Waals surface area contributed by atoms with Crippen LogP contribution in [0.5, 0.6) is 11.5 Å². The molecule has 0 saturated carbocycles. The van der Waals surface area contributed by atoms with Gasteiger partial charge in [0, 0.05) is 44.0 Å². The summed E-state index contributed by atoms with van der Waals surface area (Å²) >= 11 is 0. The van der Waals surface area contributed by atoms with Gasteiger partial charge in [-0.3, -0.25) is 0 Å². The number of rotatable bonds is 3. The van der Waals surface area contributed by atoms with Gasteiger partial charge in [-0.2, -0.15) is 4.31 Å². The van der Waals surface area contributed by atoms with E-state index in [1.165, 1.54) is 22.5 Å². The van der Waals surface area contributed by atoms with Crippen molar-refractivity contribution in [2.75, 3.05) is 44.3 Å². The summed E-state index contributed by atoms with van der Waals surface area (Å²) in [4.78, 5) is 1.98. The van der Waals surface area contributed by atoms with E-state index in [-0.39, 0.29) is 18.0 Å². The molecule has 1 saturated heterocycles. The van der Waals surface area contributed by atoms with E-state index in [0.717, 1.165) is 12.1 Å². The van der Waals surface area contributed by atoms with E-state index in [1.54, 1.807) is 6.07 Å². The van der Waals surface area contributed by atoms with Gasteiger partial charge in [0.25, 0.3) is 0 Å². The van der Waals surface area contributed by atoms with Crippen molar-refractivity contribution in [1.82, 2.24) is 4.31 Å². The Labute approximate surface area is 156 Å². The number of sulfonamides is 1. The molecule has 9 heteroatoms. The molecule has 27 heavy (non-hydrogen) atoms. The summed E-state index contributed by atoms with van der Waals surface area (Å²) in [6, 6.07) is 8.27. The van der Waals surface area contributed by atoms with Crippen molar-refractivity contribution in [1.29, 1.82) is 0 Å². The highest BCUT2D eigenvalue weighted by atomic mass is 32.2. The Kier molecular flexibility index (Phi) is 4.65. The summed E-state index contributed by atoms with van der Waals surface area (Å²) < 4.78 is 64.6. The van der Waals surface area contributed by atoms with Gasteiger partial charge >= 0.3 is 0 Å². The van der Waals surface area contributed by atoms with Gasteiger partial charge in [0.1, 0.15) is 13.2 Å². The van der Waals surface area contributed by atoms with E-state index < -0.39 is 21.7 Å². The van der Waals surface area contributed by atoms with Crippen LogP contribution in [0.1, 0.15) is 0 Å². The molecule has 0 aromatic heterocycles. The first-order chi connectivity index (χ1) is 12.9. The van der Waals surface area contributed by atoms with Crippen molar-refractivity contribution in [3.05, 3.63) is 48.0 Å². The Morgan fingerprint density at radius 3 is 2.22 bits per heavy atom. The summed E-state index contributed by atoms with van der Waals surface area (Å²) in [5, 5.41) is 0. The van der Waals surface area contributed by atoms with Crippen LogP contribution in [0.2, 0.25) is 0 Å². The fourth-order valence-corrected chi connectivity index (χ4v) is 4.64. The van der Waals surface area contributed by atoms with E-state index in [9.17, 15) is 17.2 Å². The summed E-state index contributed by atoms with van der Waals surface area (Å²) in [5.74, 6) is -0.872. The molecule has 0 aliphatic carbocycles. The molecular formula is C18H18F2N2O4S. The molecule has 4 rings (SSSR count). The molecule has 144 valence electrons. The molecule has 0 unspecified atom stereocenters. The highest BCUT2D eigenvalue weighted by molar-refractivity contribution is 7.89. The van der Waals surface area contributed by atoms with Crippen molar-refractivity contribution in [3.63, 3.8) is 0 Å². The Balaban J connectivity index is 1.49. The minimum absolute atomic E-state index is 0.146. The van der Waals surface area contributed by atoms with Crippen molar-refractivity contribution < 1.29 is 26.7 Å². The fourth-order valence-electron chi connectivity index (χ4n) is 3.20. The molecule has 0 bridgehead atoms.